The average molecular weight is 344 g/mol. The molecule has 122 valence electrons. The Balaban J connectivity index is 1.64. The van der Waals surface area contributed by atoms with Gasteiger partial charge in [-0.2, -0.15) is 0 Å². The van der Waals surface area contributed by atoms with E-state index in [4.69, 9.17) is 16.3 Å². The second-order valence-electron chi connectivity index (χ2n) is 4.97. The Kier molecular flexibility index (Phi) is 4.72. The van der Waals surface area contributed by atoms with Crippen LogP contribution in [0.25, 0.3) is 5.69 Å². The Bertz CT molecular complexity index is 821. The van der Waals surface area contributed by atoms with Crippen LogP contribution in [-0.4, -0.2) is 39.8 Å². The molecule has 3 aromatic rings. The molecule has 0 aliphatic carbocycles. The van der Waals surface area contributed by atoms with Gasteiger partial charge in [0.2, 0.25) is 0 Å². The number of tetrazole rings is 1. The summed E-state index contributed by atoms with van der Waals surface area (Å²) in [6.07, 6.45) is 1.48. The van der Waals surface area contributed by atoms with Crippen molar-refractivity contribution in [2.75, 3.05) is 18.6 Å². The van der Waals surface area contributed by atoms with E-state index in [1.807, 2.05) is 6.07 Å². The third-order valence-electron chi connectivity index (χ3n) is 3.38. The molecule has 0 saturated carbocycles. The van der Waals surface area contributed by atoms with Crippen molar-refractivity contribution in [1.29, 1.82) is 0 Å². The van der Waals surface area contributed by atoms with Crippen LogP contribution in [0.1, 0.15) is 0 Å². The predicted molar refractivity (Wildman–Crippen MR) is 89.5 cm³/mol. The second-order valence-corrected chi connectivity index (χ2v) is 5.41. The number of carbonyl (C=O) groups is 1. The van der Waals surface area contributed by atoms with Crippen molar-refractivity contribution in [3.8, 4) is 11.4 Å². The summed E-state index contributed by atoms with van der Waals surface area (Å²) in [7, 11) is 1.69. The maximum atomic E-state index is 12.2. The molecule has 0 fully saturated rings. The number of carbonyl (C=O) groups excluding carboxylic acids is 1. The molecule has 0 N–H and O–H groups in total. The fourth-order valence-corrected chi connectivity index (χ4v) is 2.17. The van der Waals surface area contributed by atoms with Crippen LogP contribution in [-0.2, 0) is 4.79 Å². The van der Waals surface area contributed by atoms with Crippen molar-refractivity contribution >= 4 is 23.2 Å². The van der Waals surface area contributed by atoms with E-state index < -0.39 is 0 Å². The number of amides is 1. The first kappa shape index (κ1) is 15.9. The molecule has 24 heavy (non-hydrogen) atoms. The van der Waals surface area contributed by atoms with Gasteiger partial charge in [-0.15, -0.1) is 5.10 Å². The second kappa shape index (κ2) is 7.10. The molecule has 0 aliphatic heterocycles. The summed E-state index contributed by atoms with van der Waals surface area (Å²) in [6.45, 7) is -0.0851. The Morgan fingerprint density at radius 1 is 1.25 bits per heavy atom. The quantitative estimate of drug-likeness (QED) is 0.711. The van der Waals surface area contributed by atoms with Gasteiger partial charge in [0.05, 0.1) is 5.69 Å². The van der Waals surface area contributed by atoms with E-state index in [0.717, 1.165) is 11.4 Å². The lowest BCUT2D eigenvalue weighted by molar-refractivity contribution is -0.120. The van der Waals surface area contributed by atoms with E-state index in [9.17, 15) is 4.79 Å². The molecule has 2 aromatic carbocycles. The van der Waals surface area contributed by atoms with Crippen LogP contribution < -0.4 is 9.64 Å². The normalized spacial score (nSPS) is 10.4. The summed E-state index contributed by atoms with van der Waals surface area (Å²) in [6, 6.07) is 14.2. The minimum Gasteiger partial charge on any atom is -0.484 e. The van der Waals surface area contributed by atoms with Gasteiger partial charge < -0.3 is 9.64 Å². The van der Waals surface area contributed by atoms with Gasteiger partial charge in [0.25, 0.3) is 5.91 Å². The molecule has 0 radical (unpaired) electrons. The Morgan fingerprint density at radius 3 is 2.75 bits per heavy atom. The Hall–Kier alpha value is -2.93. The third-order valence-corrected chi connectivity index (χ3v) is 3.63. The van der Waals surface area contributed by atoms with Crippen LogP contribution in [0.2, 0.25) is 5.02 Å². The van der Waals surface area contributed by atoms with Crippen LogP contribution in [0.3, 0.4) is 0 Å². The van der Waals surface area contributed by atoms with Crippen LogP contribution in [0, 0.1) is 0 Å². The fourth-order valence-electron chi connectivity index (χ4n) is 2.05. The molecule has 0 atom stereocenters. The molecular formula is C16H14ClN5O2. The van der Waals surface area contributed by atoms with Crippen LogP contribution in [0.15, 0.2) is 54.9 Å². The van der Waals surface area contributed by atoms with Gasteiger partial charge >= 0.3 is 0 Å². The van der Waals surface area contributed by atoms with Crippen molar-refractivity contribution in [3.63, 3.8) is 0 Å². The molecule has 0 saturated heterocycles. The summed E-state index contributed by atoms with van der Waals surface area (Å²) in [5.74, 6) is 0.381. The van der Waals surface area contributed by atoms with Crippen LogP contribution in [0.4, 0.5) is 5.69 Å². The summed E-state index contributed by atoms with van der Waals surface area (Å²) >= 11 is 5.85. The first-order chi connectivity index (χ1) is 11.6. The lowest BCUT2D eigenvalue weighted by atomic mass is 10.3. The van der Waals surface area contributed by atoms with Gasteiger partial charge in [0.1, 0.15) is 12.1 Å². The van der Waals surface area contributed by atoms with Gasteiger partial charge in [-0.3, -0.25) is 4.79 Å². The third kappa shape index (κ3) is 3.69. The SMILES string of the molecule is CN(C(=O)COc1cccc(-n2cnnn2)c1)c1ccc(Cl)cc1. The minimum absolute atomic E-state index is 0.0851. The largest absolute Gasteiger partial charge is 0.484 e. The Labute approximate surface area is 143 Å². The van der Waals surface area contributed by atoms with E-state index in [1.165, 1.54) is 15.9 Å². The highest BCUT2D eigenvalue weighted by atomic mass is 35.5. The van der Waals surface area contributed by atoms with E-state index in [2.05, 4.69) is 15.5 Å². The van der Waals surface area contributed by atoms with Crippen molar-refractivity contribution < 1.29 is 9.53 Å². The number of ether oxygens (including phenoxy) is 1. The zero-order valence-corrected chi connectivity index (χ0v) is 13.6. The van der Waals surface area contributed by atoms with Crippen molar-refractivity contribution in [2.45, 2.75) is 0 Å². The van der Waals surface area contributed by atoms with Crippen molar-refractivity contribution in [3.05, 3.63) is 59.9 Å². The van der Waals surface area contributed by atoms with Gasteiger partial charge in [-0.1, -0.05) is 17.7 Å². The first-order valence-electron chi connectivity index (χ1n) is 7.12. The zero-order valence-electron chi connectivity index (χ0n) is 12.8. The first-order valence-corrected chi connectivity index (χ1v) is 7.49. The Morgan fingerprint density at radius 2 is 2.04 bits per heavy atom. The van der Waals surface area contributed by atoms with E-state index in [-0.39, 0.29) is 12.5 Å². The van der Waals surface area contributed by atoms with E-state index >= 15 is 0 Å². The molecule has 1 aromatic heterocycles. The smallest absolute Gasteiger partial charge is 0.264 e. The molecule has 0 spiro atoms. The highest BCUT2D eigenvalue weighted by Gasteiger charge is 2.12. The molecule has 3 rings (SSSR count). The number of aromatic nitrogens is 4. The predicted octanol–water partition coefficient (Wildman–Crippen LogP) is 2.36. The molecule has 0 aliphatic rings. The van der Waals surface area contributed by atoms with Crippen molar-refractivity contribution in [1.82, 2.24) is 20.2 Å². The van der Waals surface area contributed by atoms with Gasteiger partial charge in [-0.05, 0) is 46.8 Å². The number of benzene rings is 2. The number of hydrogen-bond donors (Lipinski definition) is 0. The van der Waals surface area contributed by atoms with E-state index in [0.29, 0.717) is 10.8 Å². The monoisotopic (exact) mass is 343 g/mol. The number of anilines is 1. The van der Waals surface area contributed by atoms with Crippen LogP contribution >= 0.6 is 11.6 Å². The molecule has 1 heterocycles. The number of halogens is 1. The fraction of sp³-hybridized carbons (Fsp3) is 0.125. The number of nitrogens with zero attached hydrogens (tertiary/aromatic N) is 5. The molecule has 8 heteroatoms. The highest BCUT2D eigenvalue weighted by molar-refractivity contribution is 6.30. The number of rotatable bonds is 5. The molecule has 0 unspecified atom stereocenters. The topological polar surface area (TPSA) is 73.1 Å². The molecular weight excluding hydrogens is 330 g/mol. The van der Waals surface area contributed by atoms with Gasteiger partial charge in [0.15, 0.2) is 6.61 Å². The number of likely N-dealkylation sites (N-methyl/N-ethyl adjacent to an activating group) is 1. The standard InChI is InChI=1S/C16H14ClN5O2/c1-21(13-7-5-12(17)6-8-13)16(23)10-24-15-4-2-3-14(9-15)22-11-18-19-20-22/h2-9,11H,10H2,1H3. The van der Waals surface area contributed by atoms with E-state index in [1.54, 1.807) is 49.5 Å². The average Bonchev–Trinajstić information content (AvgIpc) is 3.15. The highest BCUT2D eigenvalue weighted by Crippen LogP contribution is 2.18. The lowest BCUT2D eigenvalue weighted by Crippen LogP contribution is -2.31. The lowest BCUT2D eigenvalue weighted by Gasteiger charge is -2.17. The van der Waals surface area contributed by atoms with Crippen LogP contribution in [0.5, 0.6) is 5.75 Å². The minimum atomic E-state index is -0.176. The zero-order chi connectivity index (χ0) is 16.9. The summed E-state index contributed by atoms with van der Waals surface area (Å²) in [5, 5.41) is 11.6. The maximum absolute atomic E-state index is 12.2. The van der Waals surface area contributed by atoms with Gasteiger partial charge in [0, 0.05) is 23.8 Å². The van der Waals surface area contributed by atoms with Gasteiger partial charge in [-0.25, -0.2) is 4.68 Å². The molecule has 7 nitrogen and oxygen atoms in total. The maximum Gasteiger partial charge on any atom is 0.264 e. The molecule has 0 bridgehead atoms. The summed E-state index contributed by atoms with van der Waals surface area (Å²) in [5.41, 5.74) is 1.49. The summed E-state index contributed by atoms with van der Waals surface area (Å²) < 4.78 is 7.08. The van der Waals surface area contributed by atoms with Crippen molar-refractivity contribution in [2.24, 2.45) is 0 Å². The summed E-state index contributed by atoms with van der Waals surface area (Å²) in [4.78, 5) is 13.8. The number of hydrogen-bond acceptors (Lipinski definition) is 5. The molecule has 1 amide bonds.